The van der Waals surface area contributed by atoms with Crippen molar-refractivity contribution >= 4 is 23.3 Å². The number of rotatable bonds is 4. The molecule has 1 aromatic carbocycles. The molecule has 0 bridgehead atoms. The number of aliphatic hydroxyl groups excluding tert-OH is 1. The third-order valence-electron chi connectivity index (χ3n) is 2.53. The van der Waals surface area contributed by atoms with Crippen molar-refractivity contribution in [2.24, 2.45) is 0 Å². The summed E-state index contributed by atoms with van der Waals surface area (Å²) in [5, 5.41) is 11.7. The first-order valence-electron chi connectivity index (χ1n) is 5.89. The second kappa shape index (κ2) is 6.31. The van der Waals surface area contributed by atoms with Crippen LogP contribution in [0.4, 0.5) is 5.82 Å². The summed E-state index contributed by atoms with van der Waals surface area (Å²) in [6, 6.07) is 7.05. The molecular weight excluding hydrogens is 280 g/mol. The summed E-state index contributed by atoms with van der Waals surface area (Å²) in [6.45, 7) is -0.0333. The molecule has 1 aromatic heterocycles. The summed E-state index contributed by atoms with van der Waals surface area (Å²) in [5.41, 5.74) is 6.90. The first-order chi connectivity index (χ1) is 9.61. The fraction of sp³-hybridized carbons (Fsp3) is 0.154. The zero-order chi connectivity index (χ0) is 14.5. The number of nitrogens with zero attached hydrogens (tertiary/aromatic N) is 2. The Balaban J connectivity index is 2.35. The van der Waals surface area contributed by atoms with Gasteiger partial charge in [0.05, 0.1) is 18.5 Å². The molecule has 0 unspecified atom stereocenters. The van der Waals surface area contributed by atoms with E-state index in [1.807, 2.05) is 6.07 Å². The van der Waals surface area contributed by atoms with Crippen molar-refractivity contribution in [3.63, 3.8) is 0 Å². The molecule has 1 heterocycles. The molecule has 1 amide bonds. The normalized spacial score (nSPS) is 10.3. The van der Waals surface area contributed by atoms with Crippen LogP contribution in [0.3, 0.4) is 0 Å². The SMILES string of the molecule is Nc1ncc(-c2cccc(Cl)c2)nc1C(=O)NCCO. The van der Waals surface area contributed by atoms with Crippen molar-refractivity contribution in [1.82, 2.24) is 15.3 Å². The van der Waals surface area contributed by atoms with Crippen molar-refractivity contribution < 1.29 is 9.90 Å². The van der Waals surface area contributed by atoms with Crippen molar-refractivity contribution in [3.8, 4) is 11.3 Å². The summed E-state index contributed by atoms with van der Waals surface area (Å²) < 4.78 is 0. The van der Waals surface area contributed by atoms with Gasteiger partial charge in [0.25, 0.3) is 5.91 Å². The zero-order valence-electron chi connectivity index (χ0n) is 10.5. The van der Waals surface area contributed by atoms with Crippen LogP contribution < -0.4 is 11.1 Å². The van der Waals surface area contributed by atoms with Gasteiger partial charge in [0.15, 0.2) is 11.5 Å². The molecule has 0 aliphatic rings. The van der Waals surface area contributed by atoms with Crippen molar-refractivity contribution in [2.45, 2.75) is 0 Å². The quantitative estimate of drug-likeness (QED) is 0.783. The first-order valence-corrected chi connectivity index (χ1v) is 6.27. The number of aromatic nitrogens is 2. The Bertz CT molecular complexity index is 634. The number of hydrogen-bond donors (Lipinski definition) is 3. The third-order valence-corrected chi connectivity index (χ3v) is 2.77. The zero-order valence-corrected chi connectivity index (χ0v) is 11.3. The van der Waals surface area contributed by atoms with E-state index in [2.05, 4.69) is 15.3 Å². The number of nitrogens with one attached hydrogen (secondary N) is 1. The molecule has 0 atom stereocenters. The van der Waals surface area contributed by atoms with Gasteiger partial charge in [0.2, 0.25) is 0 Å². The van der Waals surface area contributed by atoms with Crippen LogP contribution in [0.5, 0.6) is 0 Å². The molecule has 0 fully saturated rings. The Labute approximate surface area is 120 Å². The number of anilines is 1. The van der Waals surface area contributed by atoms with Crippen LogP contribution in [-0.4, -0.2) is 34.1 Å². The highest BCUT2D eigenvalue weighted by Gasteiger charge is 2.14. The lowest BCUT2D eigenvalue weighted by atomic mass is 10.1. The summed E-state index contributed by atoms with van der Waals surface area (Å²) in [5.74, 6) is -0.445. The Kier molecular flexibility index (Phi) is 4.49. The molecule has 20 heavy (non-hydrogen) atoms. The molecule has 0 spiro atoms. The van der Waals surface area contributed by atoms with Crippen LogP contribution in [0.1, 0.15) is 10.5 Å². The number of benzene rings is 1. The number of amides is 1. The van der Waals surface area contributed by atoms with Gasteiger partial charge in [-0.15, -0.1) is 0 Å². The predicted molar refractivity (Wildman–Crippen MR) is 76.3 cm³/mol. The average Bonchev–Trinajstić information content (AvgIpc) is 2.45. The molecule has 6 nitrogen and oxygen atoms in total. The van der Waals surface area contributed by atoms with Crippen LogP contribution >= 0.6 is 11.6 Å². The minimum Gasteiger partial charge on any atom is -0.395 e. The molecular formula is C13H13ClN4O2. The van der Waals surface area contributed by atoms with E-state index >= 15 is 0 Å². The summed E-state index contributed by atoms with van der Waals surface area (Å²) in [4.78, 5) is 20.0. The second-order valence-electron chi connectivity index (χ2n) is 3.98. The van der Waals surface area contributed by atoms with E-state index in [9.17, 15) is 4.79 Å². The molecule has 0 aliphatic heterocycles. The maximum absolute atomic E-state index is 11.8. The highest BCUT2D eigenvalue weighted by Crippen LogP contribution is 2.21. The monoisotopic (exact) mass is 292 g/mol. The van der Waals surface area contributed by atoms with E-state index in [0.29, 0.717) is 10.7 Å². The van der Waals surface area contributed by atoms with Crippen molar-refractivity contribution in [1.29, 1.82) is 0 Å². The molecule has 0 aliphatic carbocycles. The van der Waals surface area contributed by atoms with Gasteiger partial charge in [0.1, 0.15) is 0 Å². The lowest BCUT2D eigenvalue weighted by Crippen LogP contribution is -2.28. The Morgan fingerprint density at radius 1 is 1.45 bits per heavy atom. The van der Waals surface area contributed by atoms with Crippen molar-refractivity contribution in [2.75, 3.05) is 18.9 Å². The number of nitrogens with two attached hydrogens (primary N) is 1. The number of hydrogen-bond acceptors (Lipinski definition) is 5. The molecule has 0 radical (unpaired) electrons. The Hall–Kier alpha value is -2.18. The van der Waals surface area contributed by atoms with Crippen LogP contribution in [-0.2, 0) is 0 Å². The fourth-order valence-corrected chi connectivity index (χ4v) is 1.80. The van der Waals surface area contributed by atoms with Crippen LogP contribution in [0.25, 0.3) is 11.3 Å². The standard InChI is InChI=1S/C13H13ClN4O2/c14-9-3-1-2-8(6-9)10-7-17-12(15)11(18-10)13(20)16-4-5-19/h1-3,6-7,19H,4-5H2,(H2,15,17)(H,16,20). The molecule has 0 saturated carbocycles. The van der Waals surface area contributed by atoms with Crippen LogP contribution in [0.2, 0.25) is 5.02 Å². The number of carbonyl (C=O) groups is 1. The summed E-state index contributed by atoms with van der Waals surface area (Å²) in [7, 11) is 0. The van der Waals surface area contributed by atoms with Crippen LogP contribution in [0, 0.1) is 0 Å². The van der Waals surface area contributed by atoms with E-state index in [-0.39, 0.29) is 24.7 Å². The largest absolute Gasteiger partial charge is 0.395 e. The Morgan fingerprint density at radius 3 is 2.95 bits per heavy atom. The number of nitrogen functional groups attached to an aromatic ring is 1. The third kappa shape index (κ3) is 3.23. The van der Waals surface area contributed by atoms with Gasteiger partial charge in [0, 0.05) is 17.1 Å². The average molecular weight is 293 g/mol. The molecule has 4 N–H and O–H groups in total. The highest BCUT2D eigenvalue weighted by molar-refractivity contribution is 6.30. The maximum atomic E-state index is 11.8. The van der Waals surface area contributed by atoms with E-state index in [1.54, 1.807) is 18.2 Å². The molecule has 0 saturated heterocycles. The van der Waals surface area contributed by atoms with Gasteiger partial charge >= 0.3 is 0 Å². The van der Waals surface area contributed by atoms with Crippen molar-refractivity contribution in [3.05, 3.63) is 41.2 Å². The number of carbonyl (C=O) groups excluding carboxylic acids is 1. The van der Waals surface area contributed by atoms with Gasteiger partial charge in [-0.1, -0.05) is 23.7 Å². The van der Waals surface area contributed by atoms with Gasteiger partial charge in [-0.05, 0) is 12.1 Å². The molecule has 7 heteroatoms. The van der Waals surface area contributed by atoms with E-state index in [4.69, 9.17) is 22.4 Å². The van der Waals surface area contributed by atoms with E-state index in [0.717, 1.165) is 5.56 Å². The fourth-order valence-electron chi connectivity index (χ4n) is 1.61. The number of aliphatic hydroxyl groups is 1. The predicted octanol–water partition coefficient (Wildman–Crippen LogP) is 1.10. The smallest absolute Gasteiger partial charge is 0.273 e. The topological polar surface area (TPSA) is 101 Å². The molecule has 104 valence electrons. The lowest BCUT2D eigenvalue weighted by molar-refractivity contribution is 0.0940. The van der Waals surface area contributed by atoms with E-state index < -0.39 is 5.91 Å². The number of halogens is 1. The molecule has 2 aromatic rings. The minimum absolute atomic E-state index is 0.0240. The van der Waals surface area contributed by atoms with Gasteiger partial charge < -0.3 is 16.2 Å². The summed E-state index contributed by atoms with van der Waals surface area (Å²) >= 11 is 5.92. The summed E-state index contributed by atoms with van der Waals surface area (Å²) in [6.07, 6.45) is 1.48. The van der Waals surface area contributed by atoms with Gasteiger partial charge in [-0.25, -0.2) is 9.97 Å². The Morgan fingerprint density at radius 2 is 2.25 bits per heavy atom. The van der Waals surface area contributed by atoms with Crippen LogP contribution in [0.15, 0.2) is 30.5 Å². The van der Waals surface area contributed by atoms with E-state index in [1.165, 1.54) is 6.20 Å². The van der Waals surface area contributed by atoms with Gasteiger partial charge in [-0.3, -0.25) is 4.79 Å². The van der Waals surface area contributed by atoms with Gasteiger partial charge in [-0.2, -0.15) is 0 Å². The minimum atomic E-state index is -0.479. The second-order valence-corrected chi connectivity index (χ2v) is 4.42. The molecule has 2 rings (SSSR count). The lowest BCUT2D eigenvalue weighted by Gasteiger charge is -2.07. The maximum Gasteiger partial charge on any atom is 0.273 e. The highest BCUT2D eigenvalue weighted by atomic mass is 35.5. The first kappa shape index (κ1) is 14.2.